The van der Waals surface area contributed by atoms with E-state index in [9.17, 15) is 8.42 Å². The summed E-state index contributed by atoms with van der Waals surface area (Å²) in [6.07, 6.45) is 3.43. The molecule has 1 saturated carbocycles. The van der Waals surface area contributed by atoms with Crippen LogP contribution in [0.4, 0.5) is 0 Å². The number of hydrogen-bond acceptors (Lipinski definition) is 4. The van der Waals surface area contributed by atoms with Crippen molar-refractivity contribution in [2.45, 2.75) is 29.9 Å². The highest BCUT2D eigenvalue weighted by Gasteiger charge is 2.31. The quantitative estimate of drug-likeness (QED) is 0.756. The van der Waals surface area contributed by atoms with Crippen LogP contribution in [0.25, 0.3) is 0 Å². The third-order valence-corrected chi connectivity index (χ3v) is 3.89. The molecule has 1 heterocycles. The van der Waals surface area contributed by atoms with E-state index in [0.29, 0.717) is 12.8 Å². The Morgan fingerprint density at radius 3 is 2.73 bits per heavy atom. The van der Waals surface area contributed by atoms with E-state index in [1.54, 1.807) is 6.07 Å². The molecule has 0 bridgehead atoms. The van der Waals surface area contributed by atoms with Gasteiger partial charge in [-0.25, -0.2) is 13.1 Å². The molecule has 1 aromatic heterocycles. The zero-order valence-electron chi connectivity index (χ0n) is 8.00. The number of hydrogen-bond donors (Lipinski definition) is 2. The molecule has 0 atom stereocenters. The van der Waals surface area contributed by atoms with Gasteiger partial charge >= 0.3 is 0 Å². The SMILES string of the molecule is O=S(=O)(NC1CC(O)C1)c1cccnc1. The summed E-state index contributed by atoms with van der Waals surface area (Å²) < 4.78 is 25.9. The molecule has 15 heavy (non-hydrogen) atoms. The van der Waals surface area contributed by atoms with Crippen molar-refractivity contribution in [3.05, 3.63) is 24.5 Å². The Bertz CT molecular complexity index is 426. The van der Waals surface area contributed by atoms with E-state index in [1.807, 2.05) is 0 Å². The van der Waals surface area contributed by atoms with Crippen molar-refractivity contribution in [1.29, 1.82) is 0 Å². The molecule has 1 aliphatic carbocycles. The molecule has 6 heteroatoms. The Balaban J connectivity index is 2.08. The van der Waals surface area contributed by atoms with Crippen molar-refractivity contribution in [2.24, 2.45) is 0 Å². The molecule has 0 radical (unpaired) electrons. The molecule has 2 rings (SSSR count). The maximum atomic E-state index is 11.7. The molecule has 82 valence electrons. The fourth-order valence-electron chi connectivity index (χ4n) is 1.48. The van der Waals surface area contributed by atoms with Crippen LogP contribution in [0.3, 0.4) is 0 Å². The number of sulfonamides is 1. The van der Waals surface area contributed by atoms with Gasteiger partial charge in [-0.2, -0.15) is 0 Å². The lowest BCUT2D eigenvalue weighted by Crippen LogP contribution is -2.46. The Morgan fingerprint density at radius 2 is 2.20 bits per heavy atom. The zero-order chi connectivity index (χ0) is 10.9. The number of nitrogens with one attached hydrogen (secondary N) is 1. The van der Waals surface area contributed by atoms with Crippen molar-refractivity contribution >= 4 is 10.0 Å². The number of aromatic nitrogens is 1. The van der Waals surface area contributed by atoms with Crippen LogP contribution in [0.5, 0.6) is 0 Å². The van der Waals surface area contributed by atoms with E-state index in [2.05, 4.69) is 9.71 Å². The second kappa shape index (κ2) is 3.88. The van der Waals surface area contributed by atoms with Crippen molar-refractivity contribution in [3.63, 3.8) is 0 Å². The summed E-state index contributed by atoms with van der Waals surface area (Å²) in [5.41, 5.74) is 0. The van der Waals surface area contributed by atoms with Gasteiger partial charge in [0.1, 0.15) is 4.90 Å². The van der Waals surface area contributed by atoms with Crippen LogP contribution in [-0.2, 0) is 10.0 Å². The van der Waals surface area contributed by atoms with E-state index < -0.39 is 10.0 Å². The minimum absolute atomic E-state index is 0.148. The number of aliphatic hydroxyl groups is 1. The number of pyridine rings is 1. The van der Waals surface area contributed by atoms with Crippen LogP contribution >= 0.6 is 0 Å². The van der Waals surface area contributed by atoms with Gasteiger partial charge in [-0.15, -0.1) is 0 Å². The van der Waals surface area contributed by atoms with Crippen LogP contribution in [0.15, 0.2) is 29.4 Å². The van der Waals surface area contributed by atoms with Gasteiger partial charge in [-0.1, -0.05) is 0 Å². The maximum absolute atomic E-state index is 11.7. The predicted molar refractivity (Wildman–Crippen MR) is 53.6 cm³/mol. The molecule has 0 spiro atoms. The molecule has 0 aliphatic heterocycles. The lowest BCUT2D eigenvalue weighted by molar-refractivity contribution is 0.0712. The molecule has 1 aliphatic rings. The highest BCUT2D eigenvalue weighted by molar-refractivity contribution is 7.89. The van der Waals surface area contributed by atoms with Crippen LogP contribution in [0.2, 0.25) is 0 Å². The Kier molecular flexibility index (Phi) is 2.72. The van der Waals surface area contributed by atoms with Gasteiger partial charge in [0.25, 0.3) is 0 Å². The summed E-state index contributed by atoms with van der Waals surface area (Å²) in [4.78, 5) is 3.91. The Hall–Kier alpha value is -0.980. The van der Waals surface area contributed by atoms with Gasteiger partial charge < -0.3 is 5.11 Å². The first kappa shape index (κ1) is 10.5. The fraction of sp³-hybridized carbons (Fsp3) is 0.444. The molecule has 1 fully saturated rings. The van der Waals surface area contributed by atoms with E-state index >= 15 is 0 Å². The summed E-state index contributed by atoms with van der Waals surface area (Å²) in [5.74, 6) is 0. The van der Waals surface area contributed by atoms with E-state index in [1.165, 1.54) is 18.5 Å². The van der Waals surface area contributed by atoms with Gasteiger partial charge in [0.15, 0.2) is 0 Å². The largest absolute Gasteiger partial charge is 0.393 e. The standard InChI is InChI=1S/C9H12N2O3S/c12-8-4-7(5-8)11-15(13,14)9-2-1-3-10-6-9/h1-3,6-8,11-12H,4-5H2. The predicted octanol–water partition coefficient (Wildman–Crippen LogP) is -0.117. The van der Waals surface area contributed by atoms with Crippen LogP contribution < -0.4 is 4.72 Å². The smallest absolute Gasteiger partial charge is 0.242 e. The normalized spacial score (nSPS) is 25.9. The van der Waals surface area contributed by atoms with Crippen LogP contribution in [0, 0.1) is 0 Å². The van der Waals surface area contributed by atoms with E-state index in [0.717, 1.165) is 0 Å². The maximum Gasteiger partial charge on any atom is 0.242 e. The highest BCUT2D eigenvalue weighted by Crippen LogP contribution is 2.21. The van der Waals surface area contributed by atoms with E-state index in [4.69, 9.17) is 5.11 Å². The lowest BCUT2D eigenvalue weighted by Gasteiger charge is -2.31. The van der Waals surface area contributed by atoms with Crippen molar-refractivity contribution < 1.29 is 13.5 Å². The van der Waals surface area contributed by atoms with Crippen molar-refractivity contribution in [1.82, 2.24) is 9.71 Å². The summed E-state index contributed by atoms with van der Waals surface area (Å²) in [6.45, 7) is 0. The summed E-state index contributed by atoms with van der Waals surface area (Å²) in [7, 11) is -3.47. The number of rotatable bonds is 3. The molecule has 0 saturated heterocycles. The molecule has 0 aromatic carbocycles. The molecule has 0 amide bonds. The average Bonchev–Trinajstić information content (AvgIpc) is 2.17. The van der Waals surface area contributed by atoms with Gasteiger partial charge in [0, 0.05) is 18.4 Å². The van der Waals surface area contributed by atoms with Gasteiger partial charge in [-0.05, 0) is 25.0 Å². The van der Waals surface area contributed by atoms with Gasteiger partial charge in [0.2, 0.25) is 10.0 Å². The van der Waals surface area contributed by atoms with Crippen molar-refractivity contribution in [3.8, 4) is 0 Å². The fourth-order valence-corrected chi connectivity index (χ4v) is 2.70. The number of nitrogens with zero attached hydrogens (tertiary/aromatic N) is 1. The second-order valence-corrected chi connectivity index (χ2v) is 5.35. The third kappa shape index (κ3) is 2.34. The number of aliphatic hydroxyl groups excluding tert-OH is 1. The molecule has 0 unspecified atom stereocenters. The molecule has 1 aromatic rings. The minimum atomic E-state index is -3.47. The first-order valence-corrected chi connectivity index (χ1v) is 6.17. The van der Waals surface area contributed by atoms with Gasteiger partial charge in [0.05, 0.1) is 6.10 Å². The van der Waals surface area contributed by atoms with Crippen LogP contribution in [0.1, 0.15) is 12.8 Å². The first-order valence-electron chi connectivity index (χ1n) is 4.68. The first-order chi connectivity index (χ1) is 7.08. The monoisotopic (exact) mass is 228 g/mol. The highest BCUT2D eigenvalue weighted by atomic mass is 32.2. The average molecular weight is 228 g/mol. The zero-order valence-corrected chi connectivity index (χ0v) is 8.81. The lowest BCUT2D eigenvalue weighted by atomic mass is 9.91. The van der Waals surface area contributed by atoms with Crippen molar-refractivity contribution in [2.75, 3.05) is 0 Å². The molecular formula is C9H12N2O3S. The molecule has 5 nitrogen and oxygen atoms in total. The third-order valence-electron chi connectivity index (χ3n) is 2.38. The second-order valence-electron chi connectivity index (χ2n) is 3.63. The van der Waals surface area contributed by atoms with Gasteiger partial charge in [-0.3, -0.25) is 4.98 Å². The van der Waals surface area contributed by atoms with Crippen LogP contribution in [-0.4, -0.2) is 30.7 Å². The Labute approximate surface area is 88.2 Å². The molecule has 2 N–H and O–H groups in total. The summed E-state index contributed by atoms with van der Waals surface area (Å²) in [5, 5.41) is 9.04. The van der Waals surface area contributed by atoms with E-state index in [-0.39, 0.29) is 17.0 Å². The summed E-state index contributed by atoms with van der Waals surface area (Å²) in [6, 6.07) is 2.92. The topological polar surface area (TPSA) is 79.3 Å². The summed E-state index contributed by atoms with van der Waals surface area (Å²) >= 11 is 0. The minimum Gasteiger partial charge on any atom is -0.393 e. The molecular weight excluding hydrogens is 216 g/mol. The Morgan fingerprint density at radius 1 is 1.47 bits per heavy atom.